The van der Waals surface area contributed by atoms with Crippen LogP contribution in [0.5, 0.6) is 0 Å². The van der Waals surface area contributed by atoms with Crippen LogP contribution in [0.4, 0.5) is 17.1 Å². The van der Waals surface area contributed by atoms with E-state index >= 15 is 0 Å². The van der Waals surface area contributed by atoms with Crippen molar-refractivity contribution in [2.45, 2.75) is 19.8 Å². The van der Waals surface area contributed by atoms with Gasteiger partial charge in [-0.2, -0.15) is 0 Å². The Hall–Kier alpha value is -1.96. The monoisotopic (exact) mass is 240 g/mol. The van der Waals surface area contributed by atoms with Gasteiger partial charge in [-0.15, -0.1) is 0 Å². The minimum absolute atomic E-state index is 0.811. The average Bonchev–Trinajstić information content (AvgIpc) is 2.40. The van der Waals surface area contributed by atoms with E-state index in [9.17, 15) is 0 Å². The molecule has 2 aromatic rings. The van der Waals surface area contributed by atoms with Crippen LogP contribution in [0.3, 0.4) is 0 Å². The molecule has 0 spiro atoms. The van der Waals surface area contributed by atoms with E-state index in [-0.39, 0.29) is 0 Å². The van der Waals surface area contributed by atoms with Crippen molar-refractivity contribution < 1.29 is 0 Å². The second-order valence-corrected chi connectivity index (χ2v) is 4.50. The highest BCUT2D eigenvalue weighted by atomic mass is 15.1. The maximum atomic E-state index is 6.04. The second kappa shape index (κ2) is 5.58. The fourth-order valence-electron chi connectivity index (χ4n) is 2.24. The van der Waals surface area contributed by atoms with E-state index in [1.54, 1.807) is 0 Å². The van der Waals surface area contributed by atoms with Crippen molar-refractivity contribution in [3.63, 3.8) is 0 Å². The molecule has 0 aliphatic carbocycles. The van der Waals surface area contributed by atoms with Crippen LogP contribution in [0.2, 0.25) is 0 Å². The van der Waals surface area contributed by atoms with Crippen LogP contribution >= 0.6 is 0 Å². The molecular weight excluding hydrogens is 220 g/mol. The number of aryl methyl sites for hydroxylation is 1. The first-order valence-electron chi connectivity index (χ1n) is 6.40. The molecule has 2 aromatic carbocycles. The Labute approximate surface area is 109 Å². The van der Waals surface area contributed by atoms with E-state index in [1.165, 1.54) is 11.3 Å². The Morgan fingerprint density at radius 3 is 2.22 bits per heavy atom. The summed E-state index contributed by atoms with van der Waals surface area (Å²) in [5.41, 5.74) is 10.5. The normalized spacial score (nSPS) is 10.3. The smallest absolute Gasteiger partial charge is 0.0641 e. The molecule has 0 radical (unpaired) electrons. The van der Waals surface area contributed by atoms with Gasteiger partial charge in [-0.1, -0.05) is 43.7 Å². The molecule has 2 N–H and O–H groups in total. The predicted molar refractivity (Wildman–Crippen MR) is 79.4 cm³/mol. The summed E-state index contributed by atoms with van der Waals surface area (Å²) in [5, 5.41) is 0. The van der Waals surface area contributed by atoms with Crippen LogP contribution in [0.1, 0.15) is 18.9 Å². The fourth-order valence-corrected chi connectivity index (χ4v) is 2.24. The molecule has 18 heavy (non-hydrogen) atoms. The number of hydrogen-bond donors (Lipinski definition) is 1. The molecule has 0 atom stereocenters. The summed E-state index contributed by atoms with van der Waals surface area (Å²) in [7, 11) is 2.07. The highest BCUT2D eigenvalue weighted by molar-refractivity contribution is 5.75. The SMILES string of the molecule is CCCc1ccccc1N(C)c1ccccc1N. The van der Waals surface area contributed by atoms with Crippen LogP contribution in [0, 0.1) is 0 Å². The van der Waals surface area contributed by atoms with Crippen LogP contribution in [-0.2, 0) is 6.42 Å². The van der Waals surface area contributed by atoms with E-state index in [0.717, 1.165) is 24.2 Å². The Balaban J connectivity index is 2.40. The van der Waals surface area contributed by atoms with Crippen molar-refractivity contribution in [2.24, 2.45) is 0 Å². The van der Waals surface area contributed by atoms with Gasteiger partial charge in [0.1, 0.15) is 0 Å². The summed E-state index contributed by atoms with van der Waals surface area (Å²) in [4.78, 5) is 2.17. The second-order valence-electron chi connectivity index (χ2n) is 4.50. The third kappa shape index (κ3) is 2.48. The average molecular weight is 240 g/mol. The van der Waals surface area contributed by atoms with Crippen LogP contribution in [0.15, 0.2) is 48.5 Å². The summed E-state index contributed by atoms with van der Waals surface area (Å²) in [6, 6.07) is 16.5. The lowest BCUT2D eigenvalue weighted by molar-refractivity contribution is 0.916. The minimum Gasteiger partial charge on any atom is -0.397 e. The van der Waals surface area contributed by atoms with E-state index < -0.39 is 0 Å². The molecule has 2 nitrogen and oxygen atoms in total. The molecule has 0 aliphatic heterocycles. The van der Waals surface area contributed by atoms with Gasteiger partial charge in [0.05, 0.1) is 11.4 Å². The van der Waals surface area contributed by atoms with Crippen LogP contribution in [0.25, 0.3) is 0 Å². The zero-order valence-electron chi connectivity index (χ0n) is 11.1. The molecule has 0 heterocycles. The number of nitrogen functional groups attached to an aromatic ring is 1. The molecule has 2 rings (SSSR count). The Bertz CT molecular complexity index is 520. The fraction of sp³-hybridized carbons (Fsp3) is 0.250. The third-order valence-electron chi connectivity index (χ3n) is 3.17. The first-order chi connectivity index (χ1) is 8.74. The van der Waals surface area contributed by atoms with Gasteiger partial charge < -0.3 is 10.6 Å². The molecule has 0 fully saturated rings. The maximum Gasteiger partial charge on any atom is 0.0641 e. The van der Waals surface area contributed by atoms with Crippen molar-refractivity contribution in [1.29, 1.82) is 0 Å². The molecular formula is C16H20N2. The van der Waals surface area contributed by atoms with Gasteiger partial charge >= 0.3 is 0 Å². The first-order valence-corrected chi connectivity index (χ1v) is 6.40. The minimum atomic E-state index is 0.811. The molecule has 0 bridgehead atoms. The number of hydrogen-bond acceptors (Lipinski definition) is 2. The zero-order chi connectivity index (χ0) is 13.0. The van der Waals surface area contributed by atoms with Crippen LogP contribution in [-0.4, -0.2) is 7.05 Å². The molecule has 0 saturated heterocycles. The van der Waals surface area contributed by atoms with Gasteiger partial charge in [-0.3, -0.25) is 0 Å². The van der Waals surface area contributed by atoms with Crippen molar-refractivity contribution >= 4 is 17.1 Å². The van der Waals surface area contributed by atoms with Gasteiger partial charge in [-0.25, -0.2) is 0 Å². The van der Waals surface area contributed by atoms with Crippen molar-refractivity contribution in [2.75, 3.05) is 17.7 Å². The van der Waals surface area contributed by atoms with Gasteiger partial charge in [0.25, 0.3) is 0 Å². The highest BCUT2D eigenvalue weighted by Crippen LogP contribution is 2.31. The molecule has 0 unspecified atom stereocenters. The number of nitrogens with zero attached hydrogens (tertiary/aromatic N) is 1. The highest BCUT2D eigenvalue weighted by Gasteiger charge is 2.10. The predicted octanol–water partition coefficient (Wildman–Crippen LogP) is 3.99. The lowest BCUT2D eigenvalue weighted by atomic mass is 10.1. The van der Waals surface area contributed by atoms with E-state index in [4.69, 9.17) is 5.73 Å². The van der Waals surface area contributed by atoms with Gasteiger partial charge in [0.2, 0.25) is 0 Å². The summed E-state index contributed by atoms with van der Waals surface area (Å²) in [6.07, 6.45) is 2.24. The number of para-hydroxylation sites is 3. The van der Waals surface area contributed by atoms with E-state index in [2.05, 4.69) is 49.2 Å². The topological polar surface area (TPSA) is 29.3 Å². The number of benzene rings is 2. The molecule has 94 valence electrons. The third-order valence-corrected chi connectivity index (χ3v) is 3.17. The Morgan fingerprint density at radius 1 is 0.944 bits per heavy atom. The molecule has 2 heteroatoms. The van der Waals surface area contributed by atoms with Crippen molar-refractivity contribution in [3.05, 3.63) is 54.1 Å². The quantitative estimate of drug-likeness (QED) is 0.819. The summed E-state index contributed by atoms with van der Waals surface area (Å²) in [6.45, 7) is 2.20. The number of nitrogens with two attached hydrogens (primary N) is 1. The van der Waals surface area contributed by atoms with Crippen LogP contribution < -0.4 is 10.6 Å². The van der Waals surface area contributed by atoms with E-state index in [0.29, 0.717) is 0 Å². The lowest BCUT2D eigenvalue weighted by Crippen LogP contribution is -2.13. The van der Waals surface area contributed by atoms with Crippen molar-refractivity contribution in [3.8, 4) is 0 Å². The van der Waals surface area contributed by atoms with Crippen molar-refractivity contribution in [1.82, 2.24) is 0 Å². The molecule has 0 aromatic heterocycles. The number of rotatable bonds is 4. The standard InChI is InChI=1S/C16H20N2/c1-3-8-13-9-4-6-11-15(13)18(2)16-12-7-5-10-14(16)17/h4-7,9-12H,3,8,17H2,1-2H3. The maximum absolute atomic E-state index is 6.04. The van der Waals surface area contributed by atoms with E-state index in [1.807, 2.05) is 18.2 Å². The number of anilines is 3. The summed E-state index contributed by atoms with van der Waals surface area (Å²) < 4.78 is 0. The van der Waals surface area contributed by atoms with Gasteiger partial charge in [-0.05, 0) is 30.2 Å². The largest absolute Gasteiger partial charge is 0.397 e. The Morgan fingerprint density at radius 2 is 1.56 bits per heavy atom. The summed E-state index contributed by atoms with van der Waals surface area (Å²) in [5.74, 6) is 0. The van der Waals surface area contributed by atoms with Gasteiger partial charge in [0, 0.05) is 12.7 Å². The Kier molecular flexibility index (Phi) is 3.88. The van der Waals surface area contributed by atoms with Gasteiger partial charge in [0.15, 0.2) is 0 Å². The molecule has 0 aliphatic rings. The lowest BCUT2D eigenvalue weighted by Gasteiger charge is -2.24. The first kappa shape index (κ1) is 12.5. The zero-order valence-corrected chi connectivity index (χ0v) is 11.1. The molecule has 0 amide bonds. The molecule has 0 saturated carbocycles. The summed E-state index contributed by atoms with van der Waals surface area (Å²) >= 11 is 0.